The van der Waals surface area contributed by atoms with Crippen LogP contribution in [0.25, 0.3) is 0 Å². The number of benzene rings is 2. The van der Waals surface area contributed by atoms with E-state index in [-0.39, 0.29) is 11.3 Å². The summed E-state index contributed by atoms with van der Waals surface area (Å²) in [5.74, 6) is 0.501. The third kappa shape index (κ3) is 1.36. The van der Waals surface area contributed by atoms with Crippen molar-refractivity contribution >= 4 is 11.6 Å². The fraction of sp³-hybridized carbons (Fsp3) is 0.278. The van der Waals surface area contributed by atoms with Crippen LogP contribution in [0.15, 0.2) is 42.5 Å². The van der Waals surface area contributed by atoms with E-state index < -0.39 is 0 Å². The number of carbonyl (C=O) groups excluding carboxylic acids is 1. The summed E-state index contributed by atoms with van der Waals surface area (Å²) >= 11 is 0. The minimum absolute atomic E-state index is 0.176. The molecule has 100 valence electrons. The molecule has 2 aliphatic rings. The molecular formula is C18H17NO. The van der Waals surface area contributed by atoms with Crippen molar-refractivity contribution < 1.29 is 4.79 Å². The number of hydrogen-bond acceptors (Lipinski definition) is 1. The van der Waals surface area contributed by atoms with Gasteiger partial charge in [0.1, 0.15) is 0 Å². The molecular weight excluding hydrogens is 246 g/mol. The van der Waals surface area contributed by atoms with Gasteiger partial charge >= 0.3 is 0 Å². The first-order chi connectivity index (χ1) is 9.63. The second kappa shape index (κ2) is 3.72. The van der Waals surface area contributed by atoms with Crippen molar-refractivity contribution in [3.8, 4) is 0 Å². The fourth-order valence-corrected chi connectivity index (χ4v) is 3.73. The van der Waals surface area contributed by atoms with Gasteiger partial charge in [0.2, 0.25) is 5.91 Å². The zero-order valence-corrected chi connectivity index (χ0v) is 11.7. The van der Waals surface area contributed by atoms with Gasteiger partial charge in [-0.05, 0) is 37.0 Å². The first-order valence-corrected chi connectivity index (χ1v) is 7.11. The molecule has 20 heavy (non-hydrogen) atoms. The molecule has 0 saturated heterocycles. The van der Waals surface area contributed by atoms with Crippen molar-refractivity contribution in [3.05, 3.63) is 64.7 Å². The van der Waals surface area contributed by atoms with Crippen LogP contribution in [0.1, 0.15) is 34.6 Å². The van der Waals surface area contributed by atoms with Gasteiger partial charge in [-0.15, -0.1) is 0 Å². The Morgan fingerprint density at radius 1 is 1.15 bits per heavy atom. The van der Waals surface area contributed by atoms with Crippen LogP contribution in [0.4, 0.5) is 5.69 Å². The maximum atomic E-state index is 12.6. The highest BCUT2D eigenvalue weighted by Crippen LogP contribution is 2.65. The number of nitrogens with one attached hydrogen (secondary N) is 1. The van der Waals surface area contributed by atoms with Crippen LogP contribution in [0.3, 0.4) is 0 Å². The van der Waals surface area contributed by atoms with Gasteiger partial charge in [0.15, 0.2) is 0 Å². The van der Waals surface area contributed by atoms with Crippen molar-refractivity contribution in [2.24, 2.45) is 0 Å². The maximum Gasteiger partial charge on any atom is 0.235 e. The van der Waals surface area contributed by atoms with Crippen LogP contribution in [-0.2, 0) is 10.2 Å². The summed E-state index contributed by atoms with van der Waals surface area (Å²) in [6.45, 7) is 4.18. The van der Waals surface area contributed by atoms with Gasteiger partial charge in [-0.25, -0.2) is 0 Å². The molecule has 0 bridgehead atoms. The predicted molar refractivity (Wildman–Crippen MR) is 80.0 cm³/mol. The number of amides is 1. The van der Waals surface area contributed by atoms with Crippen molar-refractivity contribution in [2.45, 2.75) is 31.6 Å². The highest BCUT2D eigenvalue weighted by atomic mass is 16.2. The van der Waals surface area contributed by atoms with Crippen LogP contribution in [0, 0.1) is 13.8 Å². The fourth-order valence-electron chi connectivity index (χ4n) is 3.73. The summed E-state index contributed by atoms with van der Waals surface area (Å²) in [6, 6.07) is 14.7. The third-order valence-electron chi connectivity index (χ3n) is 4.77. The zero-order valence-electron chi connectivity index (χ0n) is 11.7. The Hall–Kier alpha value is -2.09. The highest BCUT2D eigenvalue weighted by Gasteiger charge is 2.65. The molecule has 0 radical (unpaired) electrons. The average Bonchev–Trinajstić information content (AvgIpc) is 3.12. The Morgan fingerprint density at radius 3 is 2.65 bits per heavy atom. The smallest absolute Gasteiger partial charge is 0.235 e. The summed E-state index contributed by atoms with van der Waals surface area (Å²) in [5.41, 5.74) is 5.61. The summed E-state index contributed by atoms with van der Waals surface area (Å²) in [7, 11) is 0. The Labute approximate surface area is 118 Å². The summed E-state index contributed by atoms with van der Waals surface area (Å²) in [4.78, 5) is 12.6. The predicted octanol–water partition coefficient (Wildman–Crippen LogP) is 3.68. The van der Waals surface area contributed by atoms with Gasteiger partial charge in [-0.2, -0.15) is 0 Å². The lowest BCUT2D eigenvalue weighted by molar-refractivity contribution is -0.118. The number of hydrogen-bond donors (Lipinski definition) is 1. The van der Waals surface area contributed by atoms with Crippen molar-refractivity contribution in [1.82, 2.24) is 0 Å². The molecule has 1 amide bonds. The van der Waals surface area contributed by atoms with Crippen LogP contribution in [0.2, 0.25) is 0 Å². The molecule has 2 aromatic carbocycles. The SMILES string of the molecule is Cc1cc(C)c2c(c1)[C@@]1(C[C@@H]1c1ccccc1)C(=O)N2. The molecule has 2 nitrogen and oxygen atoms in total. The summed E-state index contributed by atoms with van der Waals surface area (Å²) in [6.07, 6.45) is 0.929. The standard InChI is InChI=1S/C18H17NO/c1-11-8-12(2)16-14(9-11)18(17(20)19-16)10-15(18)13-6-4-3-5-7-13/h3-9,15H,10H2,1-2H3,(H,19,20)/t15-,18-/m1/s1. The molecule has 1 spiro atoms. The Bertz CT molecular complexity index is 720. The van der Waals surface area contributed by atoms with E-state index in [9.17, 15) is 4.79 Å². The molecule has 1 aliphatic heterocycles. The van der Waals surface area contributed by atoms with E-state index in [1.807, 2.05) is 6.07 Å². The lowest BCUT2D eigenvalue weighted by Crippen LogP contribution is -2.21. The number of carbonyl (C=O) groups is 1. The zero-order chi connectivity index (χ0) is 13.9. The number of rotatable bonds is 1. The van der Waals surface area contributed by atoms with E-state index in [1.165, 1.54) is 22.3 Å². The number of aryl methyl sites for hydroxylation is 2. The normalized spacial score (nSPS) is 26.5. The van der Waals surface area contributed by atoms with E-state index in [0.29, 0.717) is 5.92 Å². The highest BCUT2D eigenvalue weighted by molar-refractivity contribution is 6.10. The summed E-state index contributed by atoms with van der Waals surface area (Å²) < 4.78 is 0. The molecule has 1 N–H and O–H groups in total. The number of fused-ring (bicyclic) bond motifs is 2. The number of anilines is 1. The minimum atomic E-state index is -0.312. The molecule has 2 atom stereocenters. The van der Waals surface area contributed by atoms with Crippen LogP contribution >= 0.6 is 0 Å². The molecule has 0 unspecified atom stereocenters. The lowest BCUT2D eigenvalue weighted by atomic mass is 9.90. The third-order valence-corrected chi connectivity index (χ3v) is 4.77. The van der Waals surface area contributed by atoms with Gasteiger partial charge in [0.25, 0.3) is 0 Å². The first-order valence-electron chi connectivity index (χ1n) is 7.11. The van der Waals surface area contributed by atoms with Gasteiger partial charge in [-0.3, -0.25) is 4.79 Å². The molecule has 2 heteroatoms. The quantitative estimate of drug-likeness (QED) is 0.835. The average molecular weight is 263 g/mol. The lowest BCUT2D eigenvalue weighted by Gasteiger charge is -2.10. The van der Waals surface area contributed by atoms with Gasteiger partial charge in [-0.1, -0.05) is 48.0 Å². The molecule has 1 aliphatic carbocycles. The minimum Gasteiger partial charge on any atom is -0.325 e. The second-order valence-corrected chi connectivity index (χ2v) is 6.10. The van der Waals surface area contributed by atoms with Crippen molar-refractivity contribution in [1.29, 1.82) is 0 Å². The largest absolute Gasteiger partial charge is 0.325 e. The van der Waals surface area contributed by atoms with E-state index in [2.05, 4.69) is 55.6 Å². The van der Waals surface area contributed by atoms with E-state index >= 15 is 0 Å². The van der Waals surface area contributed by atoms with E-state index in [1.54, 1.807) is 0 Å². The second-order valence-electron chi connectivity index (χ2n) is 6.10. The van der Waals surface area contributed by atoms with Crippen molar-refractivity contribution in [2.75, 3.05) is 5.32 Å². The van der Waals surface area contributed by atoms with E-state index in [0.717, 1.165) is 12.1 Å². The van der Waals surface area contributed by atoms with Gasteiger partial charge in [0, 0.05) is 11.6 Å². The van der Waals surface area contributed by atoms with Gasteiger partial charge in [0.05, 0.1) is 5.41 Å². The van der Waals surface area contributed by atoms with Gasteiger partial charge < -0.3 is 5.32 Å². The maximum absolute atomic E-state index is 12.6. The van der Waals surface area contributed by atoms with E-state index in [4.69, 9.17) is 0 Å². The van der Waals surface area contributed by atoms with Crippen LogP contribution in [-0.4, -0.2) is 5.91 Å². The molecule has 2 aromatic rings. The molecule has 1 heterocycles. The first kappa shape index (κ1) is 11.7. The molecule has 1 saturated carbocycles. The molecule has 0 aromatic heterocycles. The Balaban J connectivity index is 1.85. The van der Waals surface area contributed by atoms with Crippen LogP contribution in [0.5, 0.6) is 0 Å². The van der Waals surface area contributed by atoms with Crippen LogP contribution < -0.4 is 5.32 Å². The monoisotopic (exact) mass is 263 g/mol. The Morgan fingerprint density at radius 2 is 1.90 bits per heavy atom. The molecule has 4 rings (SSSR count). The molecule has 1 fully saturated rings. The Kier molecular flexibility index (Phi) is 2.18. The van der Waals surface area contributed by atoms with Crippen molar-refractivity contribution in [3.63, 3.8) is 0 Å². The topological polar surface area (TPSA) is 29.1 Å². The summed E-state index contributed by atoms with van der Waals surface area (Å²) in [5, 5.41) is 3.11.